The van der Waals surface area contributed by atoms with E-state index in [1.807, 2.05) is 62.4 Å². The molecule has 0 aliphatic heterocycles. The van der Waals surface area contributed by atoms with Crippen LogP contribution in [-0.4, -0.2) is 51.0 Å². The van der Waals surface area contributed by atoms with Crippen LogP contribution in [0.25, 0.3) is 0 Å². The number of nitrogens with one attached hydrogen (secondary N) is 2. The zero-order valence-electron chi connectivity index (χ0n) is 23.9. The molecular weight excluding hydrogens is 476 g/mol. The summed E-state index contributed by atoms with van der Waals surface area (Å²) in [4.78, 5) is 26.9. The summed E-state index contributed by atoms with van der Waals surface area (Å²) in [6, 6.07) is 14.9. The van der Waals surface area contributed by atoms with Crippen molar-refractivity contribution < 1.29 is 19.1 Å². The first-order valence-electron chi connectivity index (χ1n) is 14.5. The maximum atomic E-state index is 13.4. The van der Waals surface area contributed by atoms with Gasteiger partial charge in [-0.1, -0.05) is 40.5 Å². The average Bonchev–Trinajstić information content (AvgIpc) is 2.95. The lowest BCUT2D eigenvalue weighted by Gasteiger charge is -2.21. The third-order valence-corrected chi connectivity index (χ3v) is 6.70. The summed E-state index contributed by atoms with van der Waals surface area (Å²) < 4.78 is 11.5. The molecule has 0 bridgehead atoms. The van der Waals surface area contributed by atoms with Crippen molar-refractivity contribution in [2.45, 2.75) is 66.2 Å². The molecule has 0 unspecified atom stereocenters. The molecule has 0 heterocycles. The van der Waals surface area contributed by atoms with Gasteiger partial charge in [0, 0.05) is 36.1 Å². The van der Waals surface area contributed by atoms with Crippen molar-refractivity contribution in [1.29, 1.82) is 0 Å². The SMILES string of the molecule is CCCCOc1ccc(C(=O)[C@H](CC[C@H](CNCC)C(=O)c2ccc(OCCCC)cc2)CNCC)cc1. The van der Waals surface area contributed by atoms with Crippen molar-refractivity contribution in [3.63, 3.8) is 0 Å². The molecule has 2 atom stereocenters. The Morgan fingerprint density at radius 1 is 0.632 bits per heavy atom. The molecule has 2 aromatic rings. The van der Waals surface area contributed by atoms with Gasteiger partial charge in [-0.2, -0.15) is 0 Å². The third-order valence-electron chi connectivity index (χ3n) is 6.70. The molecule has 6 nitrogen and oxygen atoms in total. The second-order valence-electron chi connectivity index (χ2n) is 9.77. The third kappa shape index (κ3) is 11.0. The molecule has 0 saturated heterocycles. The lowest BCUT2D eigenvalue weighted by molar-refractivity contribution is 0.0865. The largest absolute Gasteiger partial charge is 0.494 e. The number of ketones is 2. The van der Waals surface area contributed by atoms with Gasteiger partial charge in [-0.15, -0.1) is 0 Å². The number of ether oxygens (including phenoxy) is 2. The standard InChI is InChI=1S/C32H48N2O4/c1-5-9-21-37-29-17-13-25(14-18-29)31(35)27(23-33-7-3)11-12-28(24-34-8-4)32(36)26-15-19-30(20-16-26)38-22-10-6-2/h13-20,27-28,33-34H,5-12,21-24H2,1-4H3/t27-,28-/m1/s1. The molecule has 210 valence electrons. The molecule has 0 spiro atoms. The molecule has 0 saturated carbocycles. The van der Waals surface area contributed by atoms with E-state index < -0.39 is 0 Å². The summed E-state index contributed by atoms with van der Waals surface area (Å²) in [5.41, 5.74) is 1.37. The van der Waals surface area contributed by atoms with Gasteiger partial charge in [-0.05, 0) is 87.3 Å². The van der Waals surface area contributed by atoms with Crippen LogP contribution in [0.15, 0.2) is 48.5 Å². The molecule has 2 aromatic carbocycles. The van der Waals surface area contributed by atoms with Crippen LogP contribution in [0.2, 0.25) is 0 Å². The summed E-state index contributed by atoms with van der Waals surface area (Å²) >= 11 is 0. The number of unbranched alkanes of at least 4 members (excludes halogenated alkanes) is 2. The van der Waals surface area contributed by atoms with E-state index in [-0.39, 0.29) is 23.4 Å². The topological polar surface area (TPSA) is 76.7 Å². The van der Waals surface area contributed by atoms with Gasteiger partial charge in [0.15, 0.2) is 11.6 Å². The molecule has 0 amide bonds. The zero-order chi connectivity index (χ0) is 27.6. The van der Waals surface area contributed by atoms with E-state index in [1.165, 1.54) is 0 Å². The number of Topliss-reactive ketones (excluding diaryl/α,β-unsaturated/α-hetero) is 2. The summed E-state index contributed by atoms with van der Waals surface area (Å²) in [5.74, 6) is 1.39. The first-order valence-corrected chi connectivity index (χ1v) is 14.5. The lowest BCUT2D eigenvalue weighted by atomic mass is 9.86. The highest BCUT2D eigenvalue weighted by Crippen LogP contribution is 2.23. The molecule has 38 heavy (non-hydrogen) atoms. The normalized spacial score (nSPS) is 12.6. The summed E-state index contributed by atoms with van der Waals surface area (Å²) in [5, 5.41) is 6.68. The molecule has 0 aliphatic rings. The van der Waals surface area contributed by atoms with Gasteiger partial charge in [0.25, 0.3) is 0 Å². The van der Waals surface area contributed by atoms with Gasteiger partial charge < -0.3 is 20.1 Å². The molecule has 0 fully saturated rings. The first-order chi connectivity index (χ1) is 18.5. The van der Waals surface area contributed by atoms with E-state index in [0.717, 1.165) is 50.3 Å². The van der Waals surface area contributed by atoms with Crippen molar-refractivity contribution >= 4 is 11.6 Å². The van der Waals surface area contributed by atoms with Gasteiger partial charge >= 0.3 is 0 Å². The minimum atomic E-state index is -0.201. The fraction of sp³-hybridized carbons (Fsp3) is 0.562. The Morgan fingerprint density at radius 3 is 1.32 bits per heavy atom. The van der Waals surface area contributed by atoms with Crippen LogP contribution in [0.5, 0.6) is 11.5 Å². The Balaban J connectivity index is 2.07. The minimum absolute atomic E-state index is 0.106. The number of rotatable bonds is 21. The molecule has 6 heteroatoms. The molecule has 2 rings (SSSR count). The second-order valence-corrected chi connectivity index (χ2v) is 9.77. The molecule has 2 N–H and O–H groups in total. The molecule has 0 radical (unpaired) electrons. The summed E-state index contributed by atoms with van der Waals surface area (Å²) in [7, 11) is 0. The number of carbonyl (C=O) groups excluding carboxylic acids is 2. The quantitative estimate of drug-likeness (QED) is 0.147. The van der Waals surface area contributed by atoms with Gasteiger partial charge in [0.2, 0.25) is 0 Å². The van der Waals surface area contributed by atoms with Crippen LogP contribution in [0, 0.1) is 11.8 Å². The van der Waals surface area contributed by atoms with E-state index in [2.05, 4.69) is 24.5 Å². The number of benzene rings is 2. The highest BCUT2D eigenvalue weighted by atomic mass is 16.5. The maximum Gasteiger partial charge on any atom is 0.167 e. The monoisotopic (exact) mass is 524 g/mol. The van der Waals surface area contributed by atoms with Crippen LogP contribution in [0.4, 0.5) is 0 Å². The predicted molar refractivity (Wildman–Crippen MR) is 156 cm³/mol. The van der Waals surface area contributed by atoms with Crippen LogP contribution in [0.3, 0.4) is 0 Å². The van der Waals surface area contributed by atoms with E-state index >= 15 is 0 Å². The van der Waals surface area contributed by atoms with Crippen LogP contribution < -0.4 is 20.1 Å². The molecule has 0 aromatic heterocycles. The average molecular weight is 525 g/mol. The molecule has 0 aliphatic carbocycles. The van der Waals surface area contributed by atoms with E-state index in [4.69, 9.17) is 9.47 Å². The highest BCUT2D eigenvalue weighted by Gasteiger charge is 2.25. The van der Waals surface area contributed by atoms with E-state index in [1.54, 1.807) is 0 Å². The van der Waals surface area contributed by atoms with E-state index in [9.17, 15) is 9.59 Å². The van der Waals surface area contributed by atoms with Crippen LogP contribution in [-0.2, 0) is 0 Å². The summed E-state index contributed by atoms with van der Waals surface area (Å²) in [6.07, 6.45) is 5.46. The maximum absolute atomic E-state index is 13.4. The lowest BCUT2D eigenvalue weighted by Crippen LogP contribution is -2.32. The Labute approximate surface area is 229 Å². The first kappa shape index (κ1) is 31.5. The minimum Gasteiger partial charge on any atom is -0.494 e. The number of carbonyl (C=O) groups is 2. The summed E-state index contributed by atoms with van der Waals surface area (Å²) in [6.45, 7) is 12.5. The van der Waals surface area contributed by atoms with Crippen molar-refractivity contribution in [2.75, 3.05) is 39.4 Å². The van der Waals surface area contributed by atoms with Gasteiger partial charge in [0.05, 0.1) is 13.2 Å². The van der Waals surface area contributed by atoms with Gasteiger partial charge in [-0.3, -0.25) is 9.59 Å². The van der Waals surface area contributed by atoms with Crippen molar-refractivity contribution in [3.8, 4) is 11.5 Å². The van der Waals surface area contributed by atoms with Crippen molar-refractivity contribution in [1.82, 2.24) is 10.6 Å². The smallest absolute Gasteiger partial charge is 0.167 e. The number of hydrogen-bond acceptors (Lipinski definition) is 6. The van der Waals surface area contributed by atoms with Crippen LogP contribution >= 0.6 is 0 Å². The Morgan fingerprint density at radius 2 is 1.00 bits per heavy atom. The second kappa shape index (κ2) is 18.5. The number of hydrogen-bond donors (Lipinski definition) is 2. The zero-order valence-corrected chi connectivity index (χ0v) is 23.9. The van der Waals surface area contributed by atoms with Crippen molar-refractivity contribution in [3.05, 3.63) is 59.7 Å². The van der Waals surface area contributed by atoms with Crippen molar-refractivity contribution in [2.24, 2.45) is 11.8 Å². The molecular formula is C32H48N2O4. The van der Waals surface area contributed by atoms with Gasteiger partial charge in [0.1, 0.15) is 11.5 Å². The fourth-order valence-electron chi connectivity index (χ4n) is 4.26. The Bertz CT molecular complexity index is 850. The van der Waals surface area contributed by atoms with Gasteiger partial charge in [-0.25, -0.2) is 0 Å². The van der Waals surface area contributed by atoms with E-state index in [0.29, 0.717) is 50.3 Å². The van der Waals surface area contributed by atoms with Crippen LogP contribution in [0.1, 0.15) is 86.9 Å². The Kier molecular flexibility index (Phi) is 15.4. The predicted octanol–water partition coefficient (Wildman–Crippen LogP) is 6.34. The fourth-order valence-corrected chi connectivity index (χ4v) is 4.26. The highest BCUT2D eigenvalue weighted by molar-refractivity contribution is 5.99. The Hall–Kier alpha value is -2.70.